The number of hydrogen-bond donors (Lipinski definition) is 1. The highest BCUT2D eigenvalue weighted by atomic mass is 19.1. The lowest BCUT2D eigenvalue weighted by Crippen LogP contribution is -2.56. The van der Waals surface area contributed by atoms with Crippen LogP contribution in [0.2, 0.25) is 0 Å². The van der Waals surface area contributed by atoms with E-state index < -0.39 is 29.0 Å². The van der Waals surface area contributed by atoms with Crippen LogP contribution in [-0.4, -0.2) is 23.6 Å². The van der Waals surface area contributed by atoms with Gasteiger partial charge < -0.3 is 10.6 Å². The first kappa shape index (κ1) is 16.6. The van der Waals surface area contributed by atoms with Gasteiger partial charge in [0.25, 0.3) is 17.4 Å². The molecule has 0 saturated carbocycles. The zero-order valence-corrected chi connectivity index (χ0v) is 12.9. The third-order valence-electron chi connectivity index (χ3n) is 3.78. The topological polar surface area (TPSA) is 85.0 Å². The molecule has 25 heavy (non-hydrogen) atoms. The van der Waals surface area contributed by atoms with Crippen molar-refractivity contribution in [2.24, 2.45) is 10.9 Å². The number of nitrogens with zero attached hydrogens (tertiary/aromatic N) is 2. The zero-order valence-electron chi connectivity index (χ0n) is 12.9. The van der Waals surface area contributed by atoms with E-state index in [2.05, 4.69) is 5.16 Å². The second-order valence-corrected chi connectivity index (χ2v) is 5.37. The van der Waals surface area contributed by atoms with Crippen LogP contribution in [0.4, 0.5) is 20.2 Å². The number of rotatable bonds is 4. The number of anilines is 2. The minimum absolute atomic E-state index is 0.139. The molecule has 1 aliphatic rings. The lowest BCUT2D eigenvalue weighted by Gasteiger charge is -2.30. The first-order valence-corrected chi connectivity index (χ1v) is 7.30. The van der Waals surface area contributed by atoms with Crippen LogP contribution in [0.1, 0.15) is 6.42 Å². The zero-order chi connectivity index (χ0) is 18.0. The predicted octanol–water partition coefficient (Wildman–Crippen LogP) is 2.26. The Morgan fingerprint density at radius 3 is 1.84 bits per heavy atom. The quantitative estimate of drug-likeness (QED) is 0.863. The summed E-state index contributed by atoms with van der Waals surface area (Å²) in [5.74, 6) is -2.82. The van der Waals surface area contributed by atoms with Gasteiger partial charge in [-0.15, -0.1) is 0 Å². The van der Waals surface area contributed by atoms with Gasteiger partial charge in [0.1, 0.15) is 11.6 Å². The number of carbonyl (C=O) groups excluding carboxylic acids is 2. The summed E-state index contributed by atoms with van der Waals surface area (Å²) in [5, 5.41) is 3.48. The molecule has 0 saturated heterocycles. The summed E-state index contributed by atoms with van der Waals surface area (Å²) < 4.78 is 26.5. The summed E-state index contributed by atoms with van der Waals surface area (Å²) in [6, 6.07) is 10.0. The van der Waals surface area contributed by atoms with Crippen LogP contribution < -0.4 is 10.6 Å². The third kappa shape index (κ3) is 2.93. The third-order valence-corrected chi connectivity index (χ3v) is 3.78. The Morgan fingerprint density at radius 1 is 1.00 bits per heavy atom. The molecule has 1 atom stereocenters. The van der Waals surface area contributed by atoms with Crippen molar-refractivity contribution in [3.05, 3.63) is 60.2 Å². The van der Waals surface area contributed by atoms with Crippen LogP contribution in [0.15, 0.2) is 53.7 Å². The van der Waals surface area contributed by atoms with Gasteiger partial charge in [0.15, 0.2) is 0 Å². The number of primary amides is 1. The Hall–Kier alpha value is -3.29. The molecule has 8 heteroatoms. The largest absolute Gasteiger partial charge is 0.369 e. The number of benzene rings is 2. The highest BCUT2D eigenvalue weighted by molar-refractivity contribution is 6.18. The van der Waals surface area contributed by atoms with Crippen molar-refractivity contribution < 1.29 is 23.2 Å². The Morgan fingerprint density at radius 2 is 1.48 bits per heavy atom. The maximum atomic E-state index is 13.2. The van der Waals surface area contributed by atoms with Gasteiger partial charge in [0.2, 0.25) is 0 Å². The number of carbonyl (C=O) groups is 2. The van der Waals surface area contributed by atoms with E-state index in [9.17, 15) is 18.4 Å². The van der Waals surface area contributed by atoms with E-state index in [-0.39, 0.29) is 17.8 Å². The maximum absolute atomic E-state index is 13.2. The Bertz CT molecular complexity index is 782. The van der Waals surface area contributed by atoms with Crippen molar-refractivity contribution in [3.8, 4) is 0 Å². The molecule has 1 heterocycles. The van der Waals surface area contributed by atoms with Crippen molar-refractivity contribution >= 4 is 29.4 Å². The van der Waals surface area contributed by atoms with Crippen molar-refractivity contribution in [3.63, 3.8) is 0 Å². The van der Waals surface area contributed by atoms with Crippen LogP contribution in [0.3, 0.4) is 0 Å². The van der Waals surface area contributed by atoms with Gasteiger partial charge in [-0.3, -0.25) is 14.5 Å². The van der Waals surface area contributed by atoms with Crippen molar-refractivity contribution in [2.45, 2.75) is 12.0 Å². The molecule has 1 aliphatic heterocycles. The van der Waals surface area contributed by atoms with Crippen molar-refractivity contribution in [2.75, 3.05) is 4.90 Å². The Labute approximate surface area is 141 Å². The molecule has 0 aromatic heterocycles. The molecule has 0 spiro atoms. The second-order valence-electron chi connectivity index (χ2n) is 5.37. The first-order valence-electron chi connectivity index (χ1n) is 7.30. The molecule has 2 aromatic carbocycles. The number of oxime groups is 1. The molecule has 1 unspecified atom stereocenters. The average molecular weight is 345 g/mol. The van der Waals surface area contributed by atoms with Crippen molar-refractivity contribution in [1.29, 1.82) is 0 Å². The molecule has 2 amide bonds. The SMILES string of the molecule is NC(=O)C1(C(=O)N(c2ccc(F)cc2)c2ccc(F)cc2)CC=NO1. The summed E-state index contributed by atoms with van der Waals surface area (Å²) in [4.78, 5) is 31.1. The van der Waals surface area contributed by atoms with Crippen LogP contribution in [0, 0.1) is 11.6 Å². The number of amides is 2. The molecule has 0 fully saturated rings. The normalized spacial score (nSPS) is 18.6. The molecular weight excluding hydrogens is 332 g/mol. The molecule has 0 bridgehead atoms. The monoisotopic (exact) mass is 345 g/mol. The maximum Gasteiger partial charge on any atom is 0.297 e. The Balaban J connectivity index is 2.10. The van der Waals surface area contributed by atoms with E-state index in [0.29, 0.717) is 0 Å². The van der Waals surface area contributed by atoms with Gasteiger partial charge in [0, 0.05) is 24.0 Å². The van der Waals surface area contributed by atoms with Crippen LogP contribution in [0.5, 0.6) is 0 Å². The van der Waals surface area contributed by atoms with E-state index in [4.69, 9.17) is 10.6 Å². The average Bonchev–Trinajstić information content (AvgIpc) is 3.09. The highest BCUT2D eigenvalue weighted by Crippen LogP contribution is 2.32. The molecule has 3 rings (SSSR count). The Kier molecular flexibility index (Phi) is 4.18. The summed E-state index contributed by atoms with van der Waals surface area (Å²) >= 11 is 0. The van der Waals surface area contributed by atoms with Gasteiger partial charge in [-0.2, -0.15) is 0 Å². The molecule has 128 valence electrons. The van der Waals surface area contributed by atoms with E-state index >= 15 is 0 Å². The fourth-order valence-corrected chi connectivity index (χ4v) is 2.45. The summed E-state index contributed by atoms with van der Waals surface area (Å²) in [6.45, 7) is 0. The van der Waals surface area contributed by atoms with E-state index in [1.54, 1.807) is 0 Å². The van der Waals surface area contributed by atoms with Crippen LogP contribution in [0.25, 0.3) is 0 Å². The molecule has 0 aliphatic carbocycles. The summed E-state index contributed by atoms with van der Waals surface area (Å²) in [7, 11) is 0. The fourth-order valence-electron chi connectivity index (χ4n) is 2.45. The smallest absolute Gasteiger partial charge is 0.297 e. The number of halogens is 2. The van der Waals surface area contributed by atoms with Gasteiger partial charge in [0.05, 0.1) is 0 Å². The lowest BCUT2D eigenvalue weighted by atomic mass is 9.97. The molecule has 0 radical (unpaired) electrons. The standard InChI is InChI=1S/C17H13F2N3O3/c18-11-1-5-13(6-2-11)22(14-7-3-12(19)4-8-14)16(24)17(15(20)23)9-10-21-25-17/h1-8,10H,9H2,(H2,20,23). The minimum atomic E-state index is -2.01. The van der Waals surface area contributed by atoms with Crippen LogP contribution >= 0.6 is 0 Å². The summed E-state index contributed by atoms with van der Waals surface area (Å²) in [6.07, 6.45) is 1.12. The number of nitrogens with two attached hydrogens (primary N) is 1. The van der Waals surface area contributed by atoms with E-state index in [1.807, 2.05) is 0 Å². The minimum Gasteiger partial charge on any atom is -0.369 e. The predicted molar refractivity (Wildman–Crippen MR) is 86.1 cm³/mol. The van der Waals surface area contributed by atoms with Gasteiger partial charge in [-0.1, -0.05) is 5.16 Å². The number of hydrogen-bond acceptors (Lipinski definition) is 4. The molecule has 6 nitrogen and oxygen atoms in total. The molecular formula is C17H13F2N3O3. The highest BCUT2D eigenvalue weighted by Gasteiger charge is 2.52. The second kappa shape index (κ2) is 6.31. The van der Waals surface area contributed by atoms with Crippen LogP contribution in [-0.2, 0) is 14.4 Å². The van der Waals surface area contributed by atoms with Crippen molar-refractivity contribution in [1.82, 2.24) is 0 Å². The lowest BCUT2D eigenvalue weighted by molar-refractivity contribution is -0.153. The van der Waals surface area contributed by atoms with Gasteiger partial charge >= 0.3 is 0 Å². The van der Waals surface area contributed by atoms with E-state index in [0.717, 1.165) is 29.2 Å². The van der Waals surface area contributed by atoms with E-state index in [1.165, 1.54) is 30.5 Å². The van der Waals surface area contributed by atoms with Gasteiger partial charge in [-0.05, 0) is 48.5 Å². The molecule has 2 N–H and O–H groups in total. The summed E-state index contributed by atoms with van der Waals surface area (Å²) in [5.41, 5.74) is 3.87. The first-order chi connectivity index (χ1) is 11.9. The van der Waals surface area contributed by atoms with Gasteiger partial charge in [-0.25, -0.2) is 8.78 Å². The molecule has 2 aromatic rings. The fraction of sp³-hybridized carbons (Fsp3) is 0.118.